The highest BCUT2D eigenvalue weighted by Gasteiger charge is 2.62. The van der Waals surface area contributed by atoms with Crippen LogP contribution in [0.3, 0.4) is 0 Å². The molecule has 8 aliphatic rings. The molecule has 11 rings (SSSR count). The van der Waals surface area contributed by atoms with E-state index in [1.54, 1.807) is 20.0 Å². The van der Waals surface area contributed by atoms with Crippen molar-refractivity contribution in [3.63, 3.8) is 0 Å². The van der Waals surface area contributed by atoms with E-state index in [0.717, 1.165) is 75.3 Å². The first-order valence-corrected chi connectivity index (χ1v) is 30.5. The molecule has 8 N–H and O–H groups in total. The summed E-state index contributed by atoms with van der Waals surface area (Å²) in [5.74, 6) is 2.92. The van der Waals surface area contributed by atoms with Gasteiger partial charge in [0.25, 0.3) is 0 Å². The summed E-state index contributed by atoms with van der Waals surface area (Å²) in [7, 11) is 1.74. The van der Waals surface area contributed by atoms with Crippen LogP contribution in [0.1, 0.15) is 179 Å². The van der Waals surface area contributed by atoms with E-state index in [9.17, 15) is 40.2 Å². The van der Waals surface area contributed by atoms with Crippen LogP contribution in [0.25, 0.3) is 0 Å². The Morgan fingerprint density at radius 2 is 1.62 bits per heavy atom. The quantitative estimate of drug-likeness (QED) is 0.0368. The zero-order valence-electron chi connectivity index (χ0n) is 47.3. The highest BCUT2D eigenvalue weighted by atomic mass is 16.6. The average Bonchev–Trinajstić information content (AvgIpc) is 3.46. The topological polar surface area (TPSA) is 224 Å². The Morgan fingerprint density at radius 3 is 2.40 bits per heavy atom. The lowest BCUT2D eigenvalue weighted by Gasteiger charge is -2.58. The molecule has 3 aliphatic heterocycles. The van der Waals surface area contributed by atoms with Gasteiger partial charge < -0.3 is 55.5 Å². The molecule has 14 heteroatoms. The second-order valence-electron chi connectivity index (χ2n) is 25.5. The zero-order chi connectivity index (χ0) is 56.6. The van der Waals surface area contributed by atoms with Crippen molar-refractivity contribution < 1.29 is 59.2 Å². The Kier molecular flexibility index (Phi) is 17.3. The molecule has 81 heavy (non-hydrogen) atoms. The van der Waals surface area contributed by atoms with Gasteiger partial charge in [0.15, 0.2) is 0 Å². The molecule has 5 aliphatic carbocycles. The molecule has 3 aromatic carbocycles. The Balaban J connectivity index is 1.08. The fourth-order valence-corrected chi connectivity index (χ4v) is 15.6. The van der Waals surface area contributed by atoms with Crippen LogP contribution < -0.4 is 15.4 Å². The smallest absolute Gasteiger partial charge is 0.334 e. The Morgan fingerprint density at radius 1 is 0.864 bits per heavy atom. The number of phenols is 1. The molecule has 13 atom stereocenters. The molecule has 434 valence electrons. The first-order chi connectivity index (χ1) is 39.1. The minimum atomic E-state index is -1.68. The minimum absolute atomic E-state index is 0.0322. The molecule has 4 saturated carbocycles. The predicted molar refractivity (Wildman–Crippen MR) is 306 cm³/mol. The molecule has 0 spiro atoms. The summed E-state index contributed by atoms with van der Waals surface area (Å²) in [6.07, 6.45) is 13.9. The molecule has 0 aromatic heterocycles. The highest BCUT2D eigenvalue weighted by Crippen LogP contribution is 2.58. The summed E-state index contributed by atoms with van der Waals surface area (Å²) >= 11 is 0. The van der Waals surface area contributed by atoms with Crippen molar-refractivity contribution in [1.82, 2.24) is 5.32 Å². The van der Waals surface area contributed by atoms with Gasteiger partial charge in [-0.2, -0.15) is 0 Å². The summed E-state index contributed by atoms with van der Waals surface area (Å²) in [4.78, 5) is 44.2. The lowest BCUT2D eigenvalue weighted by atomic mass is 9.49. The standard InChI is InChI=1S/C67H84N2O12/c1-66(77,59(73)37-79-51-17-7-4-8-18-51)38-69-49-29-45(28-46(30-49)58(72)36-68-2)42-20-21-43-35-61(74)81-64-52(43)33-47(63(75)62(64)41-14-5-3-6-15-41)34-60-67(78)55-19-10-9-16-44(55)32-53-54(57(71)23-22-56(53)67)26-40-13-11-12-39(24-40)25-50(70)31-48(27-42)65(76)80-60/h9,11-13,16,24,28-31,33,41-44,50-51,53-56,58-60,68-70,72-73,75,77-78H,3-8,10,14-15,17-19,22-23,25-27,32,34-38H2,1-2H3/b48-31-/t42-,43+,44-,50+,53-,54+,55-,56+,58-,59+,60+,66+,67-/m0/s1. The predicted octanol–water partition coefficient (Wildman–Crippen LogP) is 8.62. The fourth-order valence-electron chi connectivity index (χ4n) is 15.6. The van der Waals surface area contributed by atoms with Gasteiger partial charge in [-0.05, 0) is 160 Å². The third-order valence-electron chi connectivity index (χ3n) is 19.9. The van der Waals surface area contributed by atoms with E-state index < -0.39 is 71.2 Å². The number of benzene rings is 3. The summed E-state index contributed by atoms with van der Waals surface area (Å²) in [6.45, 7) is 1.62. The third-order valence-corrected chi connectivity index (χ3v) is 19.9. The van der Waals surface area contributed by atoms with Crippen LogP contribution in [-0.4, -0.2) is 111 Å². The Bertz CT molecular complexity index is 2940. The highest BCUT2D eigenvalue weighted by molar-refractivity contribution is 5.89. The number of allylic oxidation sites excluding steroid dienone is 2. The van der Waals surface area contributed by atoms with Gasteiger partial charge in [-0.25, -0.2) is 4.79 Å². The number of aromatic hydroxyl groups is 1. The number of aliphatic hydroxyl groups excluding tert-OH is 3. The van der Waals surface area contributed by atoms with E-state index in [1.807, 2.05) is 42.5 Å². The van der Waals surface area contributed by atoms with Crippen molar-refractivity contribution in [2.24, 2.45) is 29.6 Å². The van der Waals surface area contributed by atoms with Crippen molar-refractivity contribution in [3.05, 3.63) is 111 Å². The van der Waals surface area contributed by atoms with Gasteiger partial charge in [-0.3, -0.25) is 9.59 Å². The molecule has 0 radical (unpaired) electrons. The van der Waals surface area contributed by atoms with Gasteiger partial charge in [0.2, 0.25) is 0 Å². The molecule has 3 heterocycles. The lowest BCUT2D eigenvalue weighted by molar-refractivity contribution is -0.221. The molecular weight excluding hydrogens is 1020 g/mol. The molecular formula is C67H84N2O12. The van der Waals surface area contributed by atoms with E-state index >= 15 is 4.79 Å². The van der Waals surface area contributed by atoms with Gasteiger partial charge in [-0.15, -0.1) is 0 Å². The number of ether oxygens (including phenoxy) is 3. The molecule has 10 bridgehead atoms. The maximum absolute atomic E-state index is 15.9. The molecule has 3 aromatic rings. The monoisotopic (exact) mass is 1110 g/mol. The first kappa shape index (κ1) is 57.4. The van der Waals surface area contributed by atoms with Crippen molar-refractivity contribution in [3.8, 4) is 23.3 Å². The Hall–Kier alpha value is -5.37. The normalized spacial score (nSPS) is 32.0. The SMILES string of the molecule is CNC[C@H](O)c1cc(NC[C@@](C)(O)[C@H](O)COC2CCCCC2)cc([C@H]2C#C[C@@H]3CC(=O)Oc4c3cc(c(O)c4C3CCCCC3)C[C@H]3OC(=O)/C(=C\[C@H](O)Cc4cccc(c4)C[C@H]4C(=O)CC[C@@H]5[C@H]4C[C@@H]4C=CCC[C@@H]4[C@]53O)C2)c1. The molecule has 14 nitrogen and oxygen atoms in total. The number of fused-ring (bicyclic) bond motifs is 9. The number of carbonyl (C=O) groups excluding carboxylic acids is 3. The first-order valence-electron chi connectivity index (χ1n) is 30.5. The molecule has 4 fully saturated rings. The second kappa shape index (κ2) is 24.5. The number of phenolic OH excluding ortho intramolecular Hbond substituents is 1. The van der Waals surface area contributed by atoms with Crippen LogP contribution in [-0.2, 0) is 43.1 Å². The van der Waals surface area contributed by atoms with E-state index in [-0.39, 0.29) is 98.7 Å². The van der Waals surface area contributed by atoms with Gasteiger partial charge in [0, 0.05) is 66.6 Å². The van der Waals surface area contributed by atoms with Gasteiger partial charge >= 0.3 is 11.9 Å². The fraction of sp³-hybridized carbons (Fsp3) is 0.597. The number of carbonyl (C=O) groups is 3. The van der Waals surface area contributed by atoms with E-state index in [0.29, 0.717) is 71.4 Å². The zero-order valence-corrected chi connectivity index (χ0v) is 47.3. The molecule has 0 unspecified atom stereocenters. The summed E-state index contributed by atoms with van der Waals surface area (Å²) < 4.78 is 19.3. The van der Waals surface area contributed by atoms with E-state index in [4.69, 9.17) is 14.2 Å². The lowest BCUT2D eigenvalue weighted by Crippen LogP contribution is -2.65. The number of Topliss-reactive ketones (excluding diaryl/α,β-unsaturated/α-hetero) is 1. The van der Waals surface area contributed by atoms with E-state index in [1.165, 1.54) is 6.08 Å². The van der Waals surface area contributed by atoms with Crippen molar-refractivity contribution in [2.45, 2.75) is 195 Å². The number of anilines is 1. The number of aliphatic hydroxyl groups is 5. The van der Waals surface area contributed by atoms with Crippen LogP contribution in [0.4, 0.5) is 5.69 Å². The molecule has 0 amide bonds. The number of rotatable bonds is 12. The van der Waals surface area contributed by atoms with Crippen LogP contribution in [0, 0.1) is 41.4 Å². The summed E-state index contributed by atoms with van der Waals surface area (Å²) in [5, 5.41) is 80.5. The van der Waals surface area contributed by atoms with Crippen LogP contribution >= 0.6 is 0 Å². The molecule has 0 saturated heterocycles. The van der Waals surface area contributed by atoms with E-state index in [2.05, 4.69) is 34.6 Å². The summed E-state index contributed by atoms with van der Waals surface area (Å²) in [5.41, 5.74) is 1.79. The van der Waals surface area contributed by atoms with Gasteiger partial charge in [-0.1, -0.05) is 92.8 Å². The van der Waals surface area contributed by atoms with Gasteiger partial charge in [0.1, 0.15) is 40.7 Å². The number of esters is 2. The van der Waals surface area contributed by atoms with Crippen molar-refractivity contribution in [1.29, 1.82) is 0 Å². The Labute approximate surface area is 477 Å². The summed E-state index contributed by atoms with van der Waals surface area (Å²) in [6, 6.07) is 15.2. The average molecular weight is 1110 g/mol. The maximum atomic E-state index is 15.9. The third kappa shape index (κ3) is 12.2. The largest absolute Gasteiger partial charge is 0.507 e. The number of nitrogens with one attached hydrogen (secondary N) is 2. The number of hydrogen-bond acceptors (Lipinski definition) is 14. The number of ketones is 1. The van der Waals surface area contributed by atoms with Gasteiger partial charge in [0.05, 0.1) is 37.3 Å². The van der Waals surface area contributed by atoms with Crippen LogP contribution in [0.15, 0.2) is 72.3 Å². The van der Waals surface area contributed by atoms with Crippen LogP contribution in [0.5, 0.6) is 11.5 Å². The van der Waals surface area contributed by atoms with Crippen molar-refractivity contribution >= 4 is 23.4 Å². The maximum Gasteiger partial charge on any atom is 0.334 e. The number of hydrogen-bond donors (Lipinski definition) is 8. The minimum Gasteiger partial charge on any atom is -0.507 e. The van der Waals surface area contributed by atoms with Crippen molar-refractivity contribution in [2.75, 3.05) is 32.1 Å². The van der Waals surface area contributed by atoms with Crippen LogP contribution in [0.2, 0.25) is 0 Å². The second-order valence-corrected chi connectivity index (χ2v) is 25.5. The number of likely N-dealkylation sites (N-methyl/N-ethyl adjacent to an activating group) is 1.